The lowest BCUT2D eigenvalue weighted by Gasteiger charge is -2.28. The summed E-state index contributed by atoms with van der Waals surface area (Å²) in [4.78, 5) is 25.9. The quantitative estimate of drug-likeness (QED) is 0.380. The van der Waals surface area contributed by atoms with Gasteiger partial charge in [0.15, 0.2) is 0 Å². The minimum absolute atomic E-state index is 0.103. The summed E-state index contributed by atoms with van der Waals surface area (Å²) in [6, 6.07) is 22.3. The van der Waals surface area contributed by atoms with Crippen LogP contribution in [0.15, 0.2) is 99.3 Å². The number of carbonyl (C=O) groups is 2. The highest BCUT2D eigenvalue weighted by Crippen LogP contribution is 2.41. The Morgan fingerprint density at radius 3 is 2.51 bits per heavy atom. The number of allylic oxidation sites excluding steroid dienone is 2. The lowest BCUT2D eigenvalue weighted by Crippen LogP contribution is -2.31. The summed E-state index contributed by atoms with van der Waals surface area (Å²) >= 11 is 1.21. The number of anilines is 1. The van der Waals surface area contributed by atoms with Gasteiger partial charge in [0, 0.05) is 17.9 Å². The topological polar surface area (TPSA) is 116 Å². The highest BCUT2D eigenvalue weighted by Gasteiger charge is 2.36. The summed E-state index contributed by atoms with van der Waals surface area (Å²) in [5, 5.41) is 19.6. The standard InChI is InChI=1S/C28H26N4O4S/c1-18-25(27(34)32-20-10-12-21(35-2)13-11-20)26(23-9-6-14-36-23)22(15-29)28(31-18)37-17-24(33)30-16-19-7-4-3-5-8-19/h3-14,26,31H,16-17H2,1-2H3,(H,30,33)(H,32,34)/t26-/m0/s1. The molecule has 1 aliphatic heterocycles. The molecular formula is C28H26N4O4S. The van der Waals surface area contributed by atoms with Crippen molar-refractivity contribution in [3.05, 3.63) is 106 Å². The van der Waals surface area contributed by atoms with Crippen molar-refractivity contribution in [3.63, 3.8) is 0 Å². The minimum Gasteiger partial charge on any atom is -0.497 e. The smallest absolute Gasteiger partial charge is 0.254 e. The summed E-state index contributed by atoms with van der Waals surface area (Å²) in [6.45, 7) is 2.19. The van der Waals surface area contributed by atoms with E-state index in [2.05, 4.69) is 22.0 Å². The van der Waals surface area contributed by atoms with Crippen LogP contribution < -0.4 is 20.7 Å². The number of carbonyl (C=O) groups excluding carboxylic acids is 2. The number of rotatable bonds is 9. The summed E-state index contributed by atoms with van der Waals surface area (Å²) in [7, 11) is 1.57. The van der Waals surface area contributed by atoms with E-state index in [-0.39, 0.29) is 17.6 Å². The van der Waals surface area contributed by atoms with Crippen LogP contribution in [0.2, 0.25) is 0 Å². The molecular weight excluding hydrogens is 488 g/mol. The van der Waals surface area contributed by atoms with Gasteiger partial charge in [-0.15, -0.1) is 0 Å². The van der Waals surface area contributed by atoms with Crippen molar-refractivity contribution in [2.45, 2.75) is 19.4 Å². The zero-order valence-electron chi connectivity index (χ0n) is 20.4. The molecule has 2 aromatic carbocycles. The maximum atomic E-state index is 13.4. The molecule has 2 amide bonds. The lowest BCUT2D eigenvalue weighted by atomic mass is 9.85. The second kappa shape index (κ2) is 12.0. The number of amides is 2. The van der Waals surface area contributed by atoms with Crippen molar-refractivity contribution in [3.8, 4) is 11.8 Å². The average molecular weight is 515 g/mol. The van der Waals surface area contributed by atoms with Gasteiger partial charge >= 0.3 is 0 Å². The van der Waals surface area contributed by atoms with E-state index in [4.69, 9.17) is 9.15 Å². The number of methoxy groups -OCH3 is 1. The van der Waals surface area contributed by atoms with Gasteiger partial charge in [0.05, 0.1) is 47.3 Å². The van der Waals surface area contributed by atoms with Crippen LogP contribution in [0.1, 0.15) is 24.2 Å². The van der Waals surface area contributed by atoms with Crippen molar-refractivity contribution in [2.24, 2.45) is 0 Å². The van der Waals surface area contributed by atoms with E-state index >= 15 is 0 Å². The fourth-order valence-corrected chi connectivity index (χ4v) is 4.85. The molecule has 37 heavy (non-hydrogen) atoms. The van der Waals surface area contributed by atoms with Crippen LogP contribution in [0.5, 0.6) is 5.75 Å². The zero-order chi connectivity index (χ0) is 26.2. The number of thioether (sulfide) groups is 1. The van der Waals surface area contributed by atoms with Crippen LogP contribution in [0, 0.1) is 11.3 Å². The predicted octanol–water partition coefficient (Wildman–Crippen LogP) is 4.67. The Bertz CT molecular complexity index is 1360. The number of nitriles is 1. The van der Waals surface area contributed by atoms with E-state index in [1.54, 1.807) is 50.4 Å². The third-order valence-electron chi connectivity index (χ3n) is 5.75. The summed E-state index contributed by atoms with van der Waals surface area (Å²) in [6.07, 6.45) is 1.50. The zero-order valence-corrected chi connectivity index (χ0v) is 21.2. The second-order valence-electron chi connectivity index (χ2n) is 8.20. The minimum atomic E-state index is -0.727. The lowest BCUT2D eigenvalue weighted by molar-refractivity contribution is -0.118. The van der Waals surface area contributed by atoms with Gasteiger partial charge in [0.25, 0.3) is 5.91 Å². The molecule has 0 fully saturated rings. The average Bonchev–Trinajstić information content (AvgIpc) is 3.46. The predicted molar refractivity (Wildman–Crippen MR) is 142 cm³/mol. The number of nitrogens with zero attached hydrogens (tertiary/aromatic N) is 1. The number of hydrogen-bond donors (Lipinski definition) is 3. The van der Waals surface area contributed by atoms with Gasteiger partial charge in [-0.25, -0.2) is 0 Å². The Balaban J connectivity index is 1.53. The van der Waals surface area contributed by atoms with E-state index < -0.39 is 5.92 Å². The third kappa shape index (κ3) is 6.23. The van der Waals surface area contributed by atoms with E-state index in [1.807, 2.05) is 30.3 Å². The molecule has 2 heterocycles. The fourth-order valence-electron chi connectivity index (χ4n) is 3.93. The SMILES string of the molecule is COc1ccc(NC(=O)C2=C(C)NC(SCC(=O)NCc3ccccc3)=C(C#N)[C@H]2c2ccco2)cc1. The maximum absolute atomic E-state index is 13.4. The molecule has 3 aromatic rings. The fraction of sp³-hybridized carbons (Fsp3) is 0.179. The van der Waals surface area contributed by atoms with Crippen LogP contribution in [-0.2, 0) is 16.1 Å². The van der Waals surface area contributed by atoms with E-state index in [0.717, 1.165) is 5.56 Å². The first-order chi connectivity index (χ1) is 18.0. The van der Waals surface area contributed by atoms with Crippen molar-refractivity contribution >= 4 is 29.3 Å². The van der Waals surface area contributed by atoms with Gasteiger partial charge in [0.2, 0.25) is 5.91 Å². The molecule has 3 N–H and O–H groups in total. The summed E-state index contributed by atoms with van der Waals surface area (Å²) < 4.78 is 10.8. The molecule has 8 nitrogen and oxygen atoms in total. The molecule has 0 spiro atoms. The number of furan rings is 1. The molecule has 1 atom stereocenters. The molecule has 0 unspecified atom stereocenters. The Kier molecular flexibility index (Phi) is 8.33. The first-order valence-electron chi connectivity index (χ1n) is 11.5. The number of hydrogen-bond acceptors (Lipinski definition) is 7. The highest BCUT2D eigenvalue weighted by molar-refractivity contribution is 8.03. The van der Waals surface area contributed by atoms with Gasteiger partial charge in [-0.1, -0.05) is 42.1 Å². The molecule has 0 saturated carbocycles. The van der Waals surface area contributed by atoms with E-state index in [9.17, 15) is 14.9 Å². The molecule has 4 rings (SSSR count). The maximum Gasteiger partial charge on any atom is 0.254 e. The summed E-state index contributed by atoms with van der Waals surface area (Å²) in [5.41, 5.74) is 2.82. The molecule has 9 heteroatoms. The number of dihydropyridines is 1. The van der Waals surface area contributed by atoms with Crippen molar-refractivity contribution in [1.82, 2.24) is 10.6 Å². The first kappa shape index (κ1) is 25.7. The number of benzene rings is 2. The van der Waals surface area contributed by atoms with Crippen LogP contribution in [0.4, 0.5) is 5.69 Å². The first-order valence-corrected chi connectivity index (χ1v) is 12.5. The molecule has 0 bridgehead atoms. The van der Waals surface area contributed by atoms with Gasteiger partial charge in [-0.3, -0.25) is 9.59 Å². The van der Waals surface area contributed by atoms with Gasteiger partial charge < -0.3 is 25.1 Å². The van der Waals surface area contributed by atoms with E-state index in [0.29, 0.717) is 45.6 Å². The van der Waals surface area contributed by atoms with Crippen LogP contribution in [-0.4, -0.2) is 24.7 Å². The van der Waals surface area contributed by atoms with E-state index in [1.165, 1.54) is 18.0 Å². The Morgan fingerprint density at radius 1 is 1.11 bits per heavy atom. The van der Waals surface area contributed by atoms with Crippen LogP contribution in [0.3, 0.4) is 0 Å². The van der Waals surface area contributed by atoms with Crippen molar-refractivity contribution in [2.75, 3.05) is 18.2 Å². The van der Waals surface area contributed by atoms with Gasteiger partial charge in [-0.05, 0) is 48.9 Å². The largest absolute Gasteiger partial charge is 0.497 e. The van der Waals surface area contributed by atoms with Crippen LogP contribution >= 0.6 is 11.8 Å². The Hall–Kier alpha value is -4.42. The van der Waals surface area contributed by atoms with Crippen molar-refractivity contribution < 1.29 is 18.7 Å². The normalized spacial score (nSPS) is 15.0. The Morgan fingerprint density at radius 2 is 1.86 bits per heavy atom. The van der Waals surface area contributed by atoms with Gasteiger partial charge in [-0.2, -0.15) is 5.26 Å². The summed E-state index contributed by atoms with van der Waals surface area (Å²) in [5.74, 6) is -0.0245. The molecule has 1 aromatic heterocycles. The number of nitrogens with one attached hydrogen (secondary N) is 3. The third-order valence-corrected chi connectivity index (χ3v) is 6.76. The molecule has 0 saturated heterocycles. The Labute approximate surface area is 219 Å². The second-order valence-corrected chi connectivity index (χ2v) is 9.19. The molecule has 0 radical (unpaired) electrons. The number of ether oxygens (including phenoxy) is 1. The van der Waals surface area contributed by atoms with Gasteiger partial charge in [0.1, 0.15) is 11.5 Å². The highest BCUT2D eigenvalue weighted by atomic mass is 32.2. The van der Waals surface area contributed by atoms with Crippen LogP contribution in [0.25, 0.3) is 0 Å². The monoisotopic (exact) mass is 514 g/mol. The molecule has 0 aliphatic carbocycles. The molecule has 188 valence electrons. The molecule has 1 aliphatic rings. The van der Waals surface area contributed by atoms with Crippen molar-refractivity contribution in [1.29, 1.82) is 5.26 Å².